The first kappa shape index (κ1) is 10.9. The lowest BCUT2D eigenvalue weighted by Gasteiger charge is -2.22. The molecule has 0 radical (unpaired) electrons. The molecular weight excluding hydrogens is 206 g/mol. The van der Waals surface area contributed by atoms with Crippen LogP contribution in [0.5, 0.6) is 0 Å². The van der Waals surface area contributed by atoms with Gasteiger partial charge in [-0.05, 0) is 24.4 Å². The summed E-state index contributed by atoms with van der Waals surface area (Å²) >= 11 is 5.84. The van der Waals surface area contributed by atoms with Gasteiger partial charge in [0.15, 0.2) is 0 Å². The molecule has 0 spiro atoms. The number of esters is 1. The van der Waals surface area contributed by atoms with Gasteiger partial charge >= 0.3 is 5.97 Å². The van der Waals surface area contributed by atoms with E-state index < -0.39 is 0 Å². The van der Waals surface area contributed by atoms with Gasteiger partial charge in [-0.15, -0.1) is 0 Å². The molecule has 0 aliphatic heterocycles. The molecule has 0 saturated carbocycles. The van der Waals surface area contributed by atoms with Gasteiger partial charge < -0.3 is 4.74 Å². The van der Waals surface area contributed by atoms with E-state index in [1.807, 2.05) is 0 Å². The van der Waals surface area contributed by atoms with Crippen LogP contribution in [0.2, 0.25) is 0 Å². The largest absolute Gasteiger partial charge is 0.458 e. The van der Waals surface area contributed by atoms with E-state index in [2.05, 4.69) is 10.0 Å². The summed E-state index contributed by atoms with van der Waals surface area (Å²) in [4.78, 5) is 13.3. The van der Waals surface area contributed by atoms with Crippen molar-refractivity contribution in [1.82, 2.24) is 0 Å². The molecule has 0 fully saturated rings. The standard InChI is InChI=1S/C8H10ClN3O2/c1-5(13)14-6-2-3-8(11-12-10)7(9)4-6/h4,6,8H,2-3H2,1H3/t6-,8-/m0/s1. The van der Waals surface area contributed by atoms with Gasteiger partial charge in [0.1, 0.15) is 6.10 Å². The van der Waals surface area contributed by atoms with E-state index in [9.17, 15) is 4.79 Å². The molecule has 5 nitrogen and oxygen atoms in total. The Kier molecular flexibility index (Phi) is 3.80. The summed E-state index contributed by atoms with van der Waals surface area (Å²) in [6.45, 7) is 1.35. The minimum atomic E-state index is -0.335. The van der Waals surface area contributed by atoms with Crippen molar-refractivity contribution in [2.24, 2.45) is 5.11 Å². The number of hydrogen-bond donors (Lipinski definition) is 0. The van der Waals surface area contributed by atoms with E-state index in [1.165, 1.54) is 6.92 Å². The van der Waals surface area contributed by atoms with Crippen molar-refractivity contribution in [2.45, 2.75) is 31.9 Å². The van der Waals surface area contributed by atoms with Crippen molar-refractivity contribution >= 4 is 17.6 Å². The monoisotopic (exact) mass is 215 g/mol. The van der Waals surface area contributed by atoms with Crippen molar-refractivity contribution in [3.05, 3.63) is 21.6 Å². The first-order valence-corrected chi connectivity index (χ1v) is 4.60. The Hall–Kier alpha value is -1.19. The molecule has 0 heterocycles. The van der Waals surface area contributed by atoms with Crippen LogP contribution in [0.15, 0.2) is 16.2 Å². The fourth-order valence-electron chi connectivity index (χ4n) is 1.31. The van der Waals surface area contributed by atoms with Crippen LogP contribution in [0.4, 0.5) is 0 Å². The van der Waals surface area contributed by atoms with Crippen LogP contribution in [-0.2, 0) is 9.53 Å². The van der Waals surface area contributed by atoms with Gasteiger partial charge in [0.05, 0.1) is 6.04 Å². The number of rotatable bonds is 2. The second kappa shape index (κ2) is 4.88. The molecule has 0 saturated heterocycles. The molecule has 14 heavy (non-hydrogen) atoms. The van der Waals surface area contributed by atoms with Gasteiger partial charge in [0.25, 0.3) is 0 Å². The summed E-state index contributed by atoms with van der Waals surface area (Å²) in [6, 6.07) is -0.312. The number of carbonyl (C=O) groups is 1. The van der Waals surface area contributed by atoms with E-state index in [-0.39, 0.29) is 18.1 Å². The zero-order valence-electron chi connectivity index (χ0n) is 7.68. The van der Waals surface area contributed by atoms with E-state index in [1.54, 1.807) is 6.08 Å². The fourth-order valence-corrected chi connectivity index (χ4v) is 1.61. The first-order chi connectivity index (χ1) is 6.63. The van der Waals surface area contributed by atoms with Crippen LogP contribution in [0.3, 0.4) is 0 Å². The minimum Gasteiger partial charge on any atom is -0.458 e. The number of hydrogen-bond acceptors (Lipinski definition) is 3. The summed E-state index contributed by atoms with van der Waals surface area (Å²) in [5.74, 6) is -0.335. The molecular formula is C8H10ClN3O2. The van der Waals surface area contributed by atoms with Crippen molar-refractivity contribution in [1.29, 1.82) is 0 Å². The average Bonchev–Trinajstić information content (AvgIpc) is 2.09. The predicted octanol–water partition coefficient (Wildman–Crippen LogP) is 2.51. The molecule has 0 N–H and O–H groups in total. The van der Waals surface area contributed by atoms with E-state index in [4.69, 9.17) is 21.9 Å². The van der Waals surface area contributed by atoms with Crippen LogP contribution >= 0.6 is 11.6 Å². The van der Waals surface area contributed by atoms with Gasteiger partial charge in [-0.25, -0.2) is 0 Å². The fraction of sp³-hybridized carbons (Fsp3) is 0.625. The normalized spacial score (nSPS) is 26.0. The molecule has 0 amide bonds. The highest BCUT2D eigenvalue weighted by atomic mass is 35.5. The smallest absolute Gasteiger partial charge is 0.303 e. The third-order valence-corrected chi connectivity index (χ3v) is 2.27. The number of halogens is 1. The van der Waals surface area contributed by atoms with Crippen molar-refractivity contribution in [3.63, 3.8) is 0 Å². The van der Waals surface area contributed by atoms with Crippen molar-refractivity contribution in [3.8, 4) is 0 Å². The van der Waals surface area contributed by atoms with Crippen LogP contribution in [0, 0.1) is 0 Å². The van der Waals surface area contributed by atoms with Crippen molar-refractivity contribution < 1.29 is 9.53 Å². The molecule has 0 aromatic rings. The molecule has 1 aliphatic rings. The zero-order chi connectivity index (χ0) is 10.6. The molecule has 1 aliphatic carbocycles. The Balaban J connectivity index is 2.65. The number of ether oxygens (including phenoxy) is 1. The topological polar surface area (TPSA) is 75.1 Å². The summed E-state index contributed by atoms with van der Waals surface area (Å²) in [6.07, 6.45) is 2.58. The van der Waals surface area contributed by atoms with Gasteiger partial charge in [-0.1, -0.05) is 16.7 Å². The SMILES string of the molecule is CC(=O)O[C@@H]1C=C(Cl)[C@@H](N=[N+]=[N-])CC1. The quantitative estimate of drug-likeness (QED) is 0.307. The lowest BCUT2D eigenvalue weighted by molar-refractivity contribution is -0.144. The molecule has 2 atom stereocenters. The molecule has 76 valence electrons. The Labute approximate surface area is 86.3 Å². The second-order valence-electron chi connectivity index (χ2n) is 3.00. The molecule has 0 aromatic heterocycles. The maximum atomic E-state index is 10.6. The first-order valence-electron chi connectivity index (χ1n) is 4.22. The number of azide groups is 1. The highest BCUT2D eigenvalue weighted by Gasteiger charge is 2.22. The number of carbonyl (C=O) groups excluding carboxylic acids is 1. The van der Waals surface area contributed by atoms with Crippen LogP contribution < -0.4 is 0 Å². The second-order valence-corrected chi connectivity index (χ2v) is 3.43. The van der Waals surface area contributed by atoms with Crippen LogP contribution in [-0.4, -0.2) is 18.1 Å². The molecule has 1 rings (SSSR count). The predicted molar refractivity (Wildman–Crippen MR) is 51.7 cm³/mol. The summed E-state index contributed by atoms with van der Waals surface area (Å²) in [5, 5.41) is 3.96. The van der Waals surface area contributed by atoms with E-state index in [0.29, 0.717) is 17.9 Å². The van der Waals surface area contributed by atoms with E-state index in [0.717, 1.165) is 0 Å². The average molecular weight is 216 g/mol. The number of nitrogens with zero attached hydrogens (tertiary/aromatic N) is 3. The highest BCUT2D eigenvalue weighted by Crippen LogP contribution is 2.26. The zero-order valence-corrected chi connectivity index (χ0v) is 8.44. The van der Waals surface area contributed by atoms with Gasteiger partial charge in [0.2, 0.25) is 0 Å². The maximum absolute atomic E-state index is 10.6. The lowest BCUT2D eigenvalue weighted by atomic mass is 10.0. The molecule has 0 unspecified atom stereocenters. The lowest BCUT2D eigenvalue weighted by Crippen LogP contribution is -2.22. The minimum absolute atomic E-state index is 0.287. The Morgan fingerprint density at radius 1 is 1.79 bits per heavy atom. The molecule has 0 aromatic carbocycles. The molecule has 0 bridgehead atoms. The van der Waals surface area contributed by atoms with Crippen molar-refractivity contribution in [2.75, 3.05) is 0 Å². The Morgan fingerprint density at radius 3 is 3.00 bits per heavy atom. The van der Waals surface area contributed by atoms with Gasteiger partial charge in [0, 0.05) is 16.9 Å². The Morgan fingerprint density at radius 2 is 2.50 bits per heavy atom. The van der Waals surface area contributed by atoms with Crippen LogP contribution in [0.1, 0.15) is 19.8 Å². The summed E-state index contributed by atoms with van der Waals surface area (Å²) in [7, 11) is 0. The summed E-state index contributed by atoms with van der Waals surface area (Å²) in [5.41, 5.74) is 8.23. The Bertz CT molecular complexity index is 310. The maximum Gasteiger partial charge on any atom is 0.303 e. The van der Waals surface area contributed by atoms with E-state index >= 15 is 0 Å². The van der Waals surface area contributed by atoms with Gasteiger partial charge in [-0.2, -0.15) is 0 Å². The van der Waals surface area contributed by atoms with Gasteiger partial charge in [-0.3, -0.25) is 4.79 Å². The highest BCUT2D eigenvalue weighted by molar-refractivity contribution is 6.30. The molecule has 6 heteroatoms. The summed E-state index contributed by atoms with van der Waals surface area (Å²) < 4.78 is 4.95. The van der Waals surface area contributed by atoms with Crippen LogP contribution in [0.25, 0.3) is 10.4 Å². The third-order valence-electron chi connectivity index (χ3n) is 1.90. The third kappa shape index (κ3) is 2.94.